The number of hydrogen-bond acceptors (Lipinski definition) is 8. The molecule has 9 nitrogen and oxygen atoms in total. The smallest absolute Gasteiger partial charge is 0.183 e. The summed E-state index contributed by atoms with van der Waals surface area (Å²) < 4.78 is 5.40. The molecule has 0 aliphatic carbocycles. The van der Waals surface area contributed by atoms with Crippen molar-refractivity contribution in [3.63, 3.8) is 0 Å². The molecule has 0 bridgehead atoms. The lowest BCUT2D eigenvalue weighted by Gasteiger charge is -2.27. The molecule has 1 saturated heterocycles. The third-order valence-corrected chi connectivity index (χ3v) is 4.83. The molecule has 5 heterocycles. The van der Waals surface area contributed by atoms with Gasteiger partial charge in [-0.15, -0.1) is 0 Å². The molecule has 1 aliphatic rings. The van der Waals surface area contributed by atoms with Crippen LogP contribution < -0.4 is 10.2 Å². The fourth-order valence-electron chi connectivity index (χ4n) is 3.29. The Labute approximate surface area is 167 Å². The summed E-state index contributed by atoms with van der Waals surface area (Å²) >= 11 is 0. The van der Waals surface area contributed by atoms with Gasteiger partial charge in [-0.1, -0.05) is 6.07 Å². The molecular weight excluding hydrogens is 368 g/mol. The second kappa shape index (κ2) is 7.80. The maximum atomic E-state index is 5.40. The number of aromatic nitrogens is 6. The molecule has 0 unspecified atom stereocenters. The van der Waals surface area contributed by atoms with Crippen molar-refractivity contribution in [2.24, 2.45) is 0 Å². The second-order valence-electron chi connectivity index (χ2n) is 6.73. The van der Waals surface area contributed by atoms with Crippen LogP contribution in [-0.2, 0) is 11.3 Å². The molecular formula is C20H20N8O. The topological polar surface area (TPSA) is 105 Å². The molecule has 0 saturated carbocycles. The van der Waals surface area contributed by atoms with Crippen LogP contribution in [0.5, 0.6) is 0 Å². The molecule has 4 aromatic rings. The number of anilines is 2. The van der Waals surface area contributed by atoms with Crippen molar-refractivity contribution in [3.05, 3.63) is 54.7 Å². The summed E-state index contributed by atoms with van der Waals surface area (Å²) in [6, 6.07) is 7.96. The average molecular weight is 388 g/mol. The second-order valence-corrected chi connectivity index (χ2v) is 6.73. The Balaban J connectivity index is 1.38. The minimum absolute atomic E-state index is 0.612. The summed E-state index contributed by atoms with van der Waals surface area (Å²) in [6.07, 6.45) is 6.92. The van der Waals surface area contributed by atoms with Crippen LogP contribution in [0.4, 0.5) is 11.6 Å². The number of hydrogen-bond donors (Lipinski definition) is 2. The van der Waals surface area contributed by atoms with Crippen molar-refractivity contribution < 1.29 is 4.74 Å². The summed E-state index contributed by atoms with van der Waals surface area (Å²) in [4.78, 5) is 27.5. The highest BCUT2D eigenvalue weighted by molar-refractivity contribution is 5.85. The van der Waals surface area contributed by atoms with E-state index < -0.39 is 0 Å². The molecule has 146 valence electrons. The Hall–Kier alpha value is -3.59. The molecule has 0 spiro atoms. The number of fused-ring (bicyclic) bond motifs is 1. The summed E-state index contributed by atoms with van der Waals surface area (Å²) in [5.74, 6) is 2.37. The van der Waals surface area contributed by atoms with E-state index in [1.54, 1.807) is 6.20 Å². The van der Waals surface area contributed by atoms with Gasteiger partial charge in [-0.3, -0.25) is 4.98 Å². The summed E-state index contributed by atoms with van der Waals surface area (Å²) in [6.45, 7) is 3.81. The van der Waals surface area contributed by atoms with Gasteiger partial charge in [-0.05, 0) is 23.8 Å². The van der Waals surface area contributed by atoms with Crippen LogP contribution in [-0.4, -0.2) is 56.2 Å². The van der Waals surface area contributed by atoms with E-state index in [9.17, 15) is 0 Å². The van der Waals surface area contributed by atoms with E-state index in [0.29, 0.717) is 23.8 Å². The zero-order chi connectivity index (χ0) is 19.5. The van der Waals surface area contributed by atoms with Crippen LogP contribution in [0.1, 0.15) is 5.56 Å². The van der Waals surface area contributed by atoms with Gasteiger partial charge in [0.1, 0.15) is 23.5 Å². The fourth-order valence-corrected chi connectivity index (χ4v) is 3.29. The average Bonchev–Trinajstić information content (AvgIpc) is 3.24. The molecule has 4 aromatic heterocycles. The normalized spacial score (nSPS) is 14.3. The van der Waals surface area contributed by atoms with E-state index in [2.05, 4.69) is 40.1 Å². The first-order valence-electron chi connectivity index (χ1n) is 9.49. The quantitative estimate of drug-likeness (QED) is 0.536. The van der Waals surface area contributed by atoms with Crippen LogP contribution in [0.25, 0.3) is 22.6 Å². The number of ether oxygens (including phenoxy) is 1. The largest absolute Gasteiger partial charge is 0.378 e. The van der Waals surface area contributed by atoms with E-state index in [4.69, 9.17) is 4.74 Å². The molecule has 1 fully saturated rings. The Bertz CT molecular complexity index is 1090. The van der Waals surface area contributed by atoms with Gasteiger partial charge in [-0.25, -0.2) is 19.9 Å². The molecule has 9 heteroatoms. The standard InChI is InChI=1S/C20H20N8O/c1-2-14(10-21-5-1)11-23-19-17-20(25-13-24-19)27-18(26-17)15-3-4-16(22-12-15)28-6-8-29-9-7-28/h1-5,10,12-13H,6-9,11H2,(H2,23,24,25,26,27). The first-order valence-corrected chi connectivity index (χ1v) is 9.49. The molecule has 5 rings (SSSR count). The highest BCUT2D eigenvalue weighted by Crippen LogP contribution is 2.24. The zero-order valence-electron chi connectivity index (χ0n) is 15.7. The van der Waals surface area contributed by atoms with Crippen molar-refractivity contribution in [1.82, 2.24) is 29.9 Å². The van der Waals surface area contributed by atoms with Gasteiger partial charge in [0, 0.05) is 43.8 Å². The first-order chi connectivity index (χ1) is 14.4. The minimum atomic E-state index is 0.612. The van der Waals surface area contributed by atoms with Gasteiger partial charge in [0.05, 0.1) is 13.2 Å². The van der Waals surface area contributed by atoms with Crippen molar-refractivity contribution >= 4 is 22.8 Å². The van der Waals surface area contributed by atoms with Crippen LogP contribution in [0.15, 0.2) is 49.2 Å². The highest BCUT2D eigenvalue weighted by atomic mass is 16.5. The maximum absolute atomic E-state index is 5.40. The lowest BCUT2D eigenvalue weighted by Crippen LogP contribution is -2.36. The third kappa shape index (κ3) is 3.72. The number of H-pyrrole nitrogens is 1. The third-order valence-electron chi connectivity index (χ3n) is 4.83. The van der Waals surface area contributed by atoms with Crippen molar-refractivity contribution in [1.29, 1.82) is 0 Å². The molecule has 0 amide bonds. The van der Waals surface area contributed by atoms with Gasteiger partial charge in [0.2, 0.25) is 0 Å². The summed E-state index contributed by atoms with van der Waals surface area (Å²) in [5, 5.41) is 3.32. The summed E-state index contributed by atoms with van der Waals surface area (Å²) in [7, 11) is 0. The van der Waals surface area contributed by atoms with E-state index in [0.717, 1.165) is 48.8 Å². The Morgan fingerprint density at radius 3 is 2.79 bits per heavy atom. The zero-order valence-corrected chi connectivity index (χ0v) is 15.7. The lowest BCUT2D eigenvalue weighted by molar-refractivity contribution is 0.122. The van der Waals surface area contributed by atoms with E-state index in [1.807, 2.05) is 36.7 Å². The molecule has 0 radical (unpaired) electrons. The predicted molar refractivity (Wildman–Crippen MR) is 110 cm³/mol. The number of rotatable bonds is 5. The van der Waals surface area contributed by atoms with Crippen LogP contribution in [0.2, 0.25) is 0 Å². The number of pyridine rings is 2. The fraction of sp³-hybridized carbons (Fsp3) is 0.250. The van der Waals surface area contributed by atoms with Crippen LogP contribution in [0.3, 0.4) is 0 Å². The van der Waals surface area contributed by atoms with Crippen molar-refractivity contribution in [3.8, 4) is 11.4 Å². The number of nitrogens with zero attached hydrogens (tertiary/aromatic N) is 6. The van der Waals surface area contributed by atoms with E-state index >= 15 is 0 Å². The number of morpholine rings is 1. The van der Waals surface area contributed by atoms with Gasteiger partial charge < -0.3 is 19.9 Å². The highest BCUT2D eigenvalue weighted by Gasteiger charge is 2.14. The molecule has 29 heavy (non-hydrogen) atoms. The van der Waals surface area contributed by atoms with Gasteiger partial charge >= 0.3 is 0 Å². The Kier molecular flexibility index (Phi) is 4.71. The molecule has 0 atom stereocenters. The van der Waals surface area contributed by atoms with Crippen molar-refractivity contribution in [2.75, 3.05) is 36.5 Å². The Morgan fingerprint density at radius 1 is 1.07 bits per heavy atom. The molecule has 2 N–H and O–H groups in total. The lowest BCUT2D eigenvalue weighted by atomic mass is 10.2. The maximum Gasteiger partial charge on any atom is 0.183 e. The molecule has 0 aromatic carbocycles. The monoisotopic (exact) mass is 388 g/mol. The van der Waals surface area contributed by atoms with Gasteiger partial charge in [0.15, 0.2) is 11.5 Å². The van der Waals surface area contributed by atoms with E-state index in [1.165, 1.54) is 6.33 Å². The van der Waals surface area contributed by atoms with Gasteiger partial charge in [-0.2, -0.15) is 0 Å². The van der Waals surface area contributed by atoms with E-state index in [-0.39, 0.29) is 0 Å². The van der Waals surface area contributed by atoms with Crippen LogP contribution >= 0.6 is 0 Å². The predicted octanol–water partition coefficient (Wildman–Crippen LogP) is 2.26. The number of nitrogens with one attached hydrogen (secondary N) is 2. The van der Waals surface area contributed by atoms with Crippen LogP contribution in [0, 0.1) is 0 Å². The van der Waals surface area contributed by atoms with Gasteiger partial charge in [0.25, 0.3) is 0 Å². The molecule has 1 aliphatic heterocycles. The SMILES string of the molecule is c1cncc(CNc2ncnc3nc(-c4ccc(N5CCOCC5)nc4)[nH]c23)c1. The van der Waals surface area contributed by atoms with Crippen molar-refractivity contribution in [2.45, 2.75) is 6.54 Å². The summed E-state index contributed by atoms with van der Waals surface area (Å²) in [5.41, 5.74) is 3.35. The number of aromatic amines is 1. The minimum Gasteiger partial charge on any atom is -0.378 e. The first kappa shape index (κ1) is 17.5. The Morgan fingerprint density at radius 2 is 2.00 bits per heavy atom. The number of imidazole rings is 1.